The van der Waals surface area contributed by atoms with Gasteiger partial charge in [0.25, 0.3) is 0 Å². The van der Waals surface area contributed by atoms with E-state index in [1.165, 1.54) is 4.31 Å². The highest BCUT2D eigenvalue weighted by atomic mass is 32.2. The van der Waals surface area contributed by atoms with E-state index in [0.29, 0.717) is 41.7 Å². The third-order valence-electron chi connectivity index (χ3n) is 3.68. The molecule has 0 amide bonds. The maximum Gasteiger partial charge on any atom is 0.243 e. The number of sulfonamides is 1. The van der Waals surface area contributed by atoms with E-state index in [-0.39, 0.29) is 6.54 Å². The topological polar surface area (TPSA) is 77.3 Å². The molecule has 0 N–H and O–H groups in total. The van der Waals surface area contributed by atoms with Gasteiger partial charge in [0.05, 0.1) is 18.0 Å². The van der Waals surface area contributed by atoms with Gasteiger partial charge in [0.1, 0.15) is 17.9 Å². The molecule has 2 heterocycles. The monoisotopic (exact) mass is 322 g/mol. The second kappa shape index (κ2) is 5.69. The molecule has 22 heavy (non-hydrogen) atoms. The first-order valence-corrected chi connectivity index (χ1v) is 8.56. The number of aryl methyl sites for hydroxylation is 1. The van der Waals surface area contributed by atoms with Gasteiger partial charge in [-0.3, -0.25) is 0 Å². The van der Waals surface area contributed by atoms with Gasteiger partial charge in [-0.25, -0.2) is 8.42 Å². The number of hydrogen-bond donors (Lipinski definition) is 0. The normalized spacial score (nSPS) is 15.5. The quantitative estimate of drug-likeness (QED) is 0.845. The van der Waals surface area contributed by atoms with Crippen molar-refractivity contribution < 1.29 is 13.2 Å². The van der Waals surface area contributed by atoms with Crippen LogP contribution in [-0.4, -0.2) is 40.6 Å². The molecule has 1 aliphatic heterocycles. The van der Waals surface area contributed by atoms with Crippen LogP contribution < -0.4 is 4.74 Å². The van der Waals surface area contributed by atoms with E-state index in [4.69, 9.17) is 4.74 Å². The number of fused-ring (bicyclic) bond motifs is 1. The Hall–Kier alpha value is -1.93. The van der Waals surface area contributed by atoms with Gasteiger partial charge in [-0.05, 0) is 37.6 Å². The molecule has 0 radical (unpaired) electrons. The second-order valence-electron chi connectivity index (χ2n) is 5.14. The first-order valence-electron chi connectivity index (χ1n) is 7.12. The van der Waals surface area contributed by atoms with Crippen LogP contribution in [0.3, 0.4) is 0 Å². The van der Waals surface area contributed by atoms with Crippen LogP contribution in [0.15, 0.2) is 29.4 Å². The first kappa shape index (κ1) is 15.0. The standard InChI is InChI=1S/C14H18N4O3S/c1-3-21-12-4-5-13(11(2)8-12)22(19,20)18-7-6-17-10-15-16-14(17)9-18/h4-5,8,10H,3,6-7,9H2,1-2H3. The number of ether oxygens (including phenoxy) is 1. The fourth-order valence-electron chi connectivity index (χ4n) is 2.56. The molecular weight excluding hydrogens is 304 g/mol. The van der Waals surface area contributed by atoms with Crippen LogP contribution in [0.5, 0.6) is 5.75 Å². The maximum atomic E-state index is 12.8. The largest absolute Gasteiger partial charge is 0.494 e. The molecule has 8 heteroatoms. The molecule has 0 spiro atoms. The van der Waals surface area contributed by atoms with E-state index in [0.717, 1.165) is 0 Å². The maximum absolute atomic E-state index is 12.8. The Morgan fingerprint density at radius 3 is 2.86 bits per heavy atom. The predicted octanol–water partition coefficient (Wildman–Crippen LogP) is 1.19. The molecule has 1 aromatic carbocycles. The Morgan fingerprint density at radius 2 is 2.14 bits per heavy atom. The Morgan fingerprint density at radius 1 is 1.32 bits per heavy atom. The van der Waals surface area contributed by atoms with Gasteiger partial charge < -0.3 is 9.30 Å². The third-order valence-corrected chi connectivity index (χ3v) is 5.68. The van der Waals surface area contributed by atoms with Crippen molar-refractivity contribution in [1.82, 2.24) is 19.1 Å². The van der Waals surface area contributed by atoms with Crippen molar-refractivity contribution in [2.24, 2.45) is 0 Å². The van der Waals surface area contributed by atoms with E-state index >= 15 is 0 Å². The van der Waals surface area contributed by atoms with Crippen LogP contribution in [0.4, 0.5) is 0 Å². The highest BCUT2D eigenvalue weighted by Crippen LogP contribution is 2.26. The first-order chi connectivity index (χ1) is 10.5. The SMILES string of the molecule is CCOc1ccc(S(=O)(=O)N2CCn3cnnc3C2)c(C)c1. The highest BCUT2D eigenvalue weighted by molar-refractivity contribution is 7.89. The molecule has 1 aliphatic rings. The van der Waals surface area contributed by atoms with Crippen LogP contribution in [0.2, 0.25) is 0 Å². The molecule has 0 fully saturated rings. The van der Waals surface area contributed by atoms with Crippen molar-refractivity contribution in [2.75, 3.05) is 13.2 Å². The molecule has 0 saturated carbocycles. The molecule has 0 unspecified atom stereocenters. The Bertz CT molecular complexity index is 785. The Labute approximate surface area is 129 Å². The van der Waals surface area contributed by atoms with E-state index < -0.39 is 10.0 Å². The number of nitrogens with zero attached hydrogens (tertiary/aromatic N) is 4. The molecule has 0 saturated heterocycles. The summed E-state index contributed by atoms with van der Waals surface area (Å²) in [5.74, 6) is 1.34. The number of hydrogen-bond acceptors (Lipinski definition) is 5. The van der Waals surface area contributed by atoms with Gasteiger partial charge in [-0.2, -0.15) is 4.31 Å². The summed E-state index contributed by atoms with van der Waals surface area (Å²) in [6.45, 7) is 5.45. The van der Waals surface area contributed by atoms with Gasteiger partial charge in [0.15, 0.2) is 0 Å². The molecule has 0 atom stereocenters. The van der Waals surface area contributed by atoms with Crippen molar-refractivity contribution in [3.05, 3.63) is 35.9 Å². The molecule has 2 aromatic rings. The molecule has 3 rings (SSSR count). The average Bonchev–Trinajstić information content (AvgIpc) is 2.94. The minimum absolute atomic E-state index is 0.245. The third kappa shape index (κ3) is 2.59. The smallest absolute Gasteiger partial charge is 0.243 e. The fraction of sp³-hybridized carbons (Fsp3) is 0.429. The molecule has 0 aliphatic carbocycles. The second-order valence-corrected chi connectivity index (χ2v) is 7.05. The lowest BCUT2D eigenvalue weighted by molar-refractivity contribution is 0.334. The Balaban J connectivity index is 1.90. The van der Waals surface area contributed by atoms with E-state index in [2.05, 4.69) is 10.2 Å². The van der Waals surface area contributed by atoms with Crippen LogP contribution in [0.25, 0.3) is 0 Å². The molecule has 7 nitrogen and oxygen atoms in total. The highest BCUT2D eigenvalue weighted by Gasteiger charge is 2.30. The fourth-order valence-corrected chi connectivity index (χ4v) is 4.15. The summed E-state index contributed by atoms with van der Waals surface area (Å²) in [4.78, 5) is 0.309. The molecule has 1 aromatic heterocycles. The predicted molar refractivity (Wildman–Crippen MR) is 80.0 cm³/mol. The molecular formula is C14H18N4O3S. The summed E-state index contributed by atoms with van der Waals surface area (Å²) < 4.78 is 34.4. The van der Waals surface area contributed by atoms with Gasteiger partial charge in [-0.1, -0.05) is 0 Å². The van der Waals surface area contributed by atoms with Gasteiger partial charge in [-0.15, -0.1) is 10.2 Å². The van der Waals surface area contributed by atoms with Crippen LogP contribution in [0, 0.1) is 6.92 Å². The van der Waals surface area contributed by atoms with Crippen LogP contribution in [-0.2, 0) is 23.1 Å². The lowest BCUT2D eigenvalue weighted by Gasteiger charge is -2.27. The van der Waals surface area contributed by atoms with Crippen LogP contribution >= 0.6 is 0 Å². The number of aromatic nitrogens is 3. The summed E-state index contributed by atoms with van der Waals surface area (Å²) in [6.07, 6.45) is 1.63. The van der Waals surface area contributed by atoms with Crippen molar-refractivity contribution in [3.8, 4) is 5.75 Å². The summed E-state index contributed by atoms with van der Waals surface area (Å²) in [5.41, 5.74) is 0.679. The van der Waals surface area contributed by atoms with Crippen LogP contribution in [0.1, 0.15) is 18.3 Å². The van der Waals surface area contributed by atoms with Crippen molar-refractivity contribution >= 4 is 10.0 Å². The molecule has 118 valence electrons. The van der Waals surface area contributed by atoms with E-state index in [1.54, 1.807) is 31.5 Å². The zero-order chi connectivity index (χ0) is 15.7. The van der Waals surface area contributed by atoms with E-state index in [1.807, 2.05) is 11.5 Å². The van der Waals surface area contributed by atoms with Crippen molar-refractivity contribution in [1.29, 1.82) is 0 Å². The summed E-state index contributed by atoms with van der Waals surface area (Å²) in [6, 6.07) is 5.05. The lowest BCUT2D eigenvalue weighted by atomic mass is 10.2. The minimum atomic E-state index is -3.55. The summed E-state index contributed by atoms with van der Waals surface area (Å²) in [7, 11) is -3.55. The van der Waals surface area contributed by atoms with Gasteiger partial charge in [0, 0.05) is 13.1 Å². The summed E-state index contributed by atoms with van der Waals surface area (Å²) >= 11 is 0. The average molecular weight is 322 g/mol. The zero-order valence-electron chi connectivity index (χ0n) is 12.6. The number of benzene rings is 1. The lowest BCUT2D eigenvalue weighted by Crippen LogP contribution is -2.38. The molecule has 0 bridgehead atoms. The van der Waals surface area contributed by atoms with Gasteiger partial charge >= 0.3 is 0 Å². The van der Waals surface area contributed by atoms with Crippen molar-refractivity contribution in [3.63, 3.8) is 0 Å². The van der Waals surface area contributed by atoms with Gasteiger partial charge in [0.2, 0.25) is 10.0 Å². The van der Waals surface area contributed by atoms with Crippen molar-refractivity contribution in [2.45, 2.75) is 31.8 Å². The van der Waals surface area contributed by atoms with E-state index in [9.17, 15) is 8.42 Å². The Kier molecular flexibility index (Phi) is 3.88. The zero-order valence-corrected chi connectivity index (χ0v) is 13.4. The summed E-state index contributed by atoms with van der Waals surface area (Å²) in [5, 5.41) is 7.78. The number of rotatable bonds is 4. The minimum Gasteiger partial charge on any atom is -0.494 e.